The molecule has 1 heterocycles. The van der Waals surface area contributed by atoms with Crippen LogP contribution in [-0.4, -0.2) is 38.2 Å². The molecule has 2 rings (SSSR count). The SMILES string of the molecule is CC1(CNS(=O)(=O)c2cc(C(=O)O)ccc2Br)CCCO1. The van der Waals surface area contributed by atoms with Gasteiger partial charge in [0.25, 0.3) is 0 Å². The van der Waals surface area contributed by atoms with Crippen molar-refractivity contribution < 1.29 is 23.1 Å². The van der Waals surface area contributed by atoms with Crippen LogP contribution in [0.25, 0.3) is 0 Å². The number of halogens is 1. The molecule has 0 saturated carbocycles. The van der Waals surface area contributed by atoms with Crippen LogP contribution in [0, 0.1) is 0 Å². The first-order valence-electron chi connectivity index (χ1n) is 6.40. The quantitative estimate of drug-likeness (QED) is 0.818. The van der Waals surface area contributed by atoms with Gasteiger partial charge in [-0.15, -0.1) is 0 Å². The van der Waals surface area contributed by atoms with Gasteiger partial charge < -0.3 is 9.84 Å². The van der Waals surface area contributed by atoms with Crippen molar-refractivity contribution in [2.45, 2.75) is 30.3 Å². The molecule has 0 aliphatic carbocycles. The van der Waals surface area contributed by atoms with Crippen LogP contribution in [0.2, 0.25) is 0 Å². The molecular formula is C13H16BrNO5S. The fourth-order valence-corrected chi connectivity index (χ4v) is 4.29. The van der Waals surface area contributed by atoms with Gasteiger partial charge in [-0.1, -0.05) is 0 Å². The van der Waals surface area contributed by atoms with Gasteiger partial charge in [0.15, 0.2) is 0 Å². The van der Waals surface area contributed by atoms with Crippen molar-refractivity contribution in [3.05, 3.63) is 28.2 Å². The summed E-state index contributed by atoms with van der Waals surface area (Å²) in [6.45, 7) is 2.63. The van der Waals surface area contributed by atoms with Gasteiger partial charge in [-0.25, -0.2) is 17.9 Å². The van der Waals surface area contributed by atoms with Crippen molar-refractivity contribution in [3.63, 3.8) is 0 Å². The van der Waals surface area contributed by atoms with Crippen molar-refractivity contribution in [3.8, 4) is 0 Å². The van der Waals surface area contributed by atoms with Gasteiger partial charge in [-0.05, 0) is 53.9 Å². The Hall–Kier alpha value is -0.960. The maximum atomic E-state index is 12.3. The first-order valence-corrected chi connectivity index (χ1v) is 8.68. The van der Waals surface area contributed by atoms with Crippen LogP contribution >= 0.6 is 15.9 Å². The van der Waals surface area contributed by atoms with Gasteiger partial charge >= 0.3 is 5.97 Å². The third-order valence-electron chi connectivity index (χ3n) is 3.40. The van der Waals surface area contributed by atoms with E-state index in [0.29, 0.717) is 11.1 Å². The van der Waals surface area contributed by atoms with Crippen LogP contribution in [0.5, 0.6) is 0 Å². The molecule has 1 unspecified atom stereocenters. The minimum atomic E-state index is -3.81. The van der Waals surface area contributed by atoms with Gasteiger partial charge in [0, 0.05) is 17.6 Å². The molecular weight excluding hydrogens is 362 g/mol. The monoisotopic (exact) mass is 377 g/mol. The van der Waals surface area contributed by atoms with Crippen LogP contribution in [0.1, 0.15) is 30.1 Å². The second kappa shape index (κ2) is 6.04. The molecule has 0 aromatic heterocycles. The lowest BCUT2D eigenvalue weighted by Crippen LogP contribution is -2.40. The van der Waals surface area contributed by atoms with Crippen LogP contribution in [0.15, 0.2) is 27.6 Å². The summed E-state index contributed by atoms with van der Waals surface area (Å²) in [5.74, 6) is -1.18. The standard InChI is InChI=1S/C13H16BrNO5S/c1-13(5-2-6-20-13)8-15-21(18,19)11-7-9(12(16)17)3-4-10(11)14/h3-4,7,15H,2,5-6,8H2,1H3,(H,16,17). The molecule has 1 saturated heterocycles. The van der Waals surface area contributed by atoms with E-state index < -0.39 is 21.6 Å². The second-order valence-corrected chi connectivity index (χ2v) is 7.77. The highest BCUT2D eigenvalue weighted by Gasteiger charge is 2.32. The zero-order valence-electron chi connectivity index (χ0n) is 11.4. The molecule has 0 amide bonds. The first-order chi connectivity index (χ1) is 9.73. The Labute approximate surface area is 131 Å². The lowest BCUT2D eigenvalue weighted by Gasteiger charge is -2.23. The van der Waals surface area contributed by atoms with Crippen LogP contribution in [0.3, 0.4) is 0 Å². The molecule has 1 aromatic rings. The molecule has 2 N–H and O–H groups in total. The van der Waals surface area contributed by atoms with Crippen LogP contribution in [0.4, 0.5) is 0 Å². The number of carboxylic acids is 1. The molecule has 21 heavy (non-hydrogen) atoms. The maximum Gasteiger partial charge on any atom is 0.335 e. The number of hydrogen-bond acceptors (Lipinski definition) is 4. The molecule has 0 bridgehead atoms. The lowest BCUT2D eigenvalue weighted by molar-refractivity contribution is 0.0250. The Bertz CT molecular complexity index is 653. The number of carboxylic acid groups (broad SMARTS) is 1. The predicted molar refractivity (Wildman–Crippen MR) is 79.9 cm³/mol. The fraction of sp³-hybridized carbons (Fsp3) is 0.462. The average molecular weight is 378 g/mol. The molecule has 1 aliphatic heterocycles. The number of sulfonamides is 1. The molecule has 1 aromatic carbocycles. The number of hydrogen-bond donors (Lipinski definition) is 2. The Morgan fingerprint density at radius 1 is 1.52 bits per heavy atom. The Balaban J connectivity index is 2.23. The van der Waals surface area contributed by atoms with Crippen molar-refractivity contribution in [2.75, 3.05) is 13.2 Å². The van der Waals surface area contributed by atoms with E-state index in [-0.39, 0.29) is 17.0 Å². The number of carbonyl (C=O) groups is 1. The topological polar surface area (TPSA) is 92.7 Å². The van der Waals surface area contributed by atoms with Gasteiger partial charge in [-0.3, -0.25) is 0 Å². The van der Waals surface area contributed by atoms with Gasteiger partial charge in [-0.2, -0.15) is 0 Å². The number of aromatic carboxylic acids is 1. The summed E-state index contributed by atoms with van der Waals surface area (Å²) < 4.78 is 33.0. The summed E-state index contributed by atoms with van der Waals surface area (Å²) in [5.41, 5.74) is -0.592. The summed E-state index contributed by atoms with van der Waals surface area (Å²) in [4.78, 5) is 10.9. The average Bonchev–Trinajstić information content (AvgIpc) is 2.84. The van der Waals surface area contributed by atoms with E-state index in [1.807, 2.05) is 6.92 Å². The third kappa shape index (κ3) is 3.82. The molecule has 6 nitrogen and oxygen atoms in total. The molecule has 1 atom stereocenters. The smallest absolute Gasteiger partial charge is 0.335 e. The Morgan fingerprint density at radius 3 is 2.81 bits per heavy atom. The van der Waals surface area contributed by atoms with Crippen molar-refractivity contribution in [2.24, 2.45) is 0 Å². The van der Waals surface area contributed by atoms with Gasteiger partial charge in [0.05, 0.1) is 16.1 Å². The second-order valence-electron chi connectivity index (χ2n) is 5.18. The first kappa shape index (κ1) is 16.4. The van der Waals surface area contributed by atoms with Crippen molar-refractivity contribution in [1.82, 2.24) is 4.72 Å². The van der Waals surface area contributed by atoms with E-state index in [2.05, 4.69) is 20.7 Å². The third-order valence-corrected chi connectivity index (χ3v) is 5.80. The number of ether oxygens (including phenoxy) is 1. The fourth-order valence-electron chi connectivity index (χ4n) is 2.14. The number of rotatable bonds is 5. The molecule has 1 aliphatic rings. The highest BCUT2D eigenvalue weighted by Crippen LogP contribution is 2.26. The maximum absolute atomic E-state index is 12.3. The summed E-state index contributed by atoms with van der Waals surface area (Å²) in [6, 6.07) is 3.88. The molecule has 0 radical (unpaired) electrons. The van der Waals surface area contributed by atoms with E-state index in [4.69, 9.17) is 9.84 Å². The minimum absolute atomic E-state index is 0.0816. The van der Waals surface area contributed by atoms with Gasteiger partial charge in [0.2, 0.25) is 10.0 Å². The summed E-state index contributed by atoms with van der Waals surface area (Å²) in [5, 5.41) is 8.96. The molecule has 8 heteroatoms. The number of benzene rings is 1. The van der Waals surface area contributed by atoms with Crippen molar-refractivity contribution >= 4 is 31.9 Å². The van der Waals surface area contributed by atoms with E-state index in [1.165, 1.54) is 12.1 Å². The number of nitrogens with one attached hydrogen (secondary N) is 1. The summed E-state index contributed by atoms with van der Waals surface area (Å²) in [7, 11) is -3.81. The Morgan fingerprint density at radius 2 is 2.24 bits per heavy atom. The Kier molecular flexibility index (Phi) is 4.72. The molecule has 0 spiro atoms. The highest BCUT2D eigenvalue weighted by molar-refractivity contribution is 9.10. The molecule has 116 valence electrons. The van der Waals surface area contributed by atoms with Gasteiger partial charge in [0.1, 0.15) is 0 Å². The normalized spacial score (nSPS) is 22.4. The van der Waals surface area contributed by atoms with E-state index in [0.717, 1.165) is 18.9 Å². The van der Waals surface area contributed by atoms with Crippen LogP contribution in [-0.2, 0) is 14.8 Å². The predicted octanol–water partition coefficient (Wildman–Crippen LogP) is 1.99. The summed E-state index contributed by atoms with van der Waals surface area (Å²) in [6.07, 6.45) is 1.68. The van der Waals surface area contributed by atoms with E-state index in [9.17, 15) is 13.2 Å². The zero-order chi connectivity index (χ0) is 15.7. The zero-order valence-corrected chi connectivity index (χ0v) is 13.8. The summed E-state index contributed by atoms with van der Waals surface area (Å²) >= 11 is 3.14. The molecule has 1 fully saturated rings. The van der Waals surface area contributed by atoms with Crippen LogP contribution < -0.4 is 4.72 Å². The lowest BCUT2D eigenvalue weighted by atomic mass is 10.0. The van der Waals surface area contributed by atoms with Crippen molar-refractivity contribution in [1.29, 1.82) is 0 Å². The minimum Gasteiger partial charge on any atom is -0.478 e. The largest absolute Gasteiger partial charge is 0.478 e. The van der Waals surface area contributed by atoms with E-state index >= 15 is 0 Å². The highest BCUT2D eigenvalue weighted by atomic mass is 79.9. The van der Waals surface area contributed by atoms with E-state index in [1.54, 1.807) is 0 Å².